The molecule has 0 aromatic heterocycles. The second kappa shape index (κ2) is 6.89. The molecule has 1 aliphatic rings. The van der Waals surface area contributed by atoms with Crippen molar-refractivity contribution in [2.75, 3.05) is 5.32 Å². The van der Waals surface area contributed by atoms with E-state index in [2.05, 4.69) is 66.3 Å². The summed E-state index contributed by atoms with van der Waals surface area (Å²) in [6.07, 6.45) is 2.65. The van der Waals surface area contributed by atoms with Gasteiger partial charge in [-0.15, -0.1) is 0 Å². The van der Waals surface area contributed by atoms with Crippen LogP contribution in [0.25, 0.3) is 0 Å². The minimum atomic E-state index is -0.120. The van der Waals surface area contributed by atoms with E-state index >= 15 is 0 Å². The Morgan fingerprint density at radius 3 is 2.21 bits per heavy atom. The van der Waals surface area contributed by atoms with Gasteiger partial charge in [-0.2, -0.15) is 0 Å². The van der Waals surface area contributed by atoms with Gasteiger partial charge < -0.3 is 5.32 Å². The van der Waals surface area contributed by atoms with Crippen LogP contribution in [0.15, 0.2) is 39.8 Å². The van der Waals surface area contributed by atoms with Gasteiger partial charge in [0.15, 0.2) is 0 Å². The lowest BCUT2D eigenvalue weighted by atomic mass is 10.0. The molecular formula is C20H21BrN2O. The monoisotopic (exact) mass is 384 g/mol. The minimum absolute atomic E-state index is 0.120. The molecule has 124 valence electrons. The lowest BCUT2D eigenvalue weighted by molar-refractivity contribution is -0.110. The average Bonchev–Trinajstić information content (AvgIpc) is 2.90. The summed E-state index contributed by atoms with van der Waals surface area (Å²) in [6.45, 7) is 6.32. The Hall–Kier alpha value is -1.94. The van der Waals surface area contributed by atoms with Crippen LogP contribution >= 0.6 is 15.9 Å². The van der Waals surface area contributed by atoms with E-state index in [4.69, 9.17) is 4.99 Å². The second-order valence-corrected chi connectivity index (χ2v) is 6.80. The molecule has 3 nitrogen and oxygen atoms in total. The molecule has 2 aromatic rings. The zero-order chi connectivity index (χ0) is 17.3. The average molecular weight is 385 g/mol. The summed E-state index contributed by atoms with van der Waals surface area (Å²) in [5, 5.41) is 3.00. The maximum atomic E-state index is 12.6. The number of hydrogen-bond acceptors (Lipinski definition) is 2. The first-order valence-corrected chi connectivity index (χ1v) is 9.21. The molecule has 0 radical (unpaired) electrons. The predicted octanol–water partition coefficient (Wildman–Crippen LogP) is 5.21. The van der Waals surface area contributed by atoms with E-state index in [1.165, 1.54) is 11.1 Å². The molecule has 2 aromatic carbocycles. The summed E-state index contributed by atoms with van der Waals surface area (Å²) in [5.74, 6) is -0.120. The third kappa shape index (κ3) is 2.91. The Balaban J connectivity index is 2.21. The number of hydrogen-bond donors (Lipinski definition) is 1. The van der Waals surface area contributed by atoms with E-state index in [0.29, 0.717) is 5.71 Å². The molecule has 24 heavy (non-hydrogen) atoms. The molecule has 0 bridgehead atoms. The van der Waals surface area contributed by atoms with Crippen molar-refractivity contribution in [1.82, 2.24) is 0 Å². The molecule has 0 unspecified atom stereocenters. The van der Waals surface area contributed by atoms with Crippen LogP contribution in [0.1, 0.15) is 43.0 Å². The van der Waals surface area contributed by atoms with Crippen molar-refractivity contribution in [3.63, 3.8) is 0 Å². The number of halogens is 1. The quantitative estimate of drug-likeness (QED) is 0.771. The Kier molecular flexibility index (Phi) is 4.86. The van der Waals surface area contributed by atoms with Gasteiger partial charge in [-0.25, -0.2) is 4.99 Å². The number of nitrogens with zero attached hydrogens (tertiary/aromatic N) is 1. The molecule has 4 heteroatoms. The van der Waals surface area contributed by atoms with Gasteiger partial charge in [-0.05, 0) is 48.1 Å². The molecule has 0 aliphatic carbocycles. The summed E-state index contributed by atoms with van der Waals surface area (Å²) in [7, 11) is 0. The highest BCUT2D eigenvalue weighted by molar-refractivity contribution is 9.10. The number of carbonyl (C=O) groups excluding carboxylic acids is 1. The van der Waals surface area contributed by atoms with E-state index in [9.17, 15) is 4.79 Å². The maximum absolute atomic E-state index is 12.6. The smallest absolute Gasteiger partial charge is 0.275 e. The molecule has 3 rings (SSSR count). The zero-order valence-electron chi connectivity index (χ0n) is 14.2. The number of aryl methyl sites for hydroxylation is 3. The highest BCUT2D eigenvalue weighted by Gasteiger charge is 2.28. The fourth-order valence-corrected chi connectivity index (χ4v) is 3.66. The topological polar surface area (TPSA) is 41.5 Å². The fraction of sp³-hybridized carbons (Fsp3) is 0.300. The number of para-hydroxylation sites is 1. The first-order valence-electron chi connectivity index (χ1n) is 8.42. The number of amides is 1. The molecule has 1 amide bonds. The molecule has 1 heterocycles. The normalized spacial score (nSPS) is 14.8. The lowest BCUT2D eigenvalue weighted by Gasteiger charge is -2.10. The third-order valence-corrected chi connectivity index (χ3v) is 4.92. The minimum Gasteiger partial charge on any atom is -0.320 e. The molecule has 1 aliphatic heterocycles. The van der Waals surface area contributed by atoms with Crippen molar-refractivity contribution in [1.29, 1.82) is 0 Å². The van der Waals surface area contributed by atoms with Crippen molar-refractivity contribution in [2.45, 2.75) is 40.0 Å². The van der Waals surface area contributed by atoms with Crippen molar-refractivity contribution in [3.8, 4) is 0 Å². The lowest BCUT2D eigenvalue weighted by Crippen LogP contribution is -2.14. The van der Waals surface area contributed by atoms with Crippen LogP contribution < -0.4 is 5.32 Å². The van der Waals surface area contributed by atoms with E-state index in [1.807, 2.05) is 6.07 Å². The van der Waals surface area contributed by atoms with Crippen molar-refractivity contribution >= 4 is 38.9 Å². The summed E-state index contributed by atoms with van der Waals surface area (Å²) >= 11 is 3.55. The number of carbonyl (C=O) groups is 1. The van der Waals surface area contributed by atoms with Crippen LogP contribution in [0.2, 0.25) is 0 Å². The van der Waals surface area contributed by atoms with E-state index < -0.39 is 0 Å². The van der Waals surface area contributed by atoms with Gasteiger partial charge in [-0.1, -0.05) is 54.9 Å². The number of nitrogens with one attached hydrogen (secondary N) is 1. The number of fused-ring (bicyclic) bond motifs is 1. The molecule has 0 atom stereocenters. The van der Waals surface area contributed by atoms with Crippen LogP contribution in [-0.2, 0) is 24.1 Å². The van der Waals surface area contributed by atoms with Gasteiger partial charge in [0.25, 0.3) is 5.91 Å². The summed E-state index contributed by atoms with van der Waals surface area (Å²) in [6, 6.07) is 10.3. The number of anilines is 1. The Labute approximate surface area is 151 Å². The Morgan fingerprint density at radius 1 is 1.00 bits per heavy atom. The highest BCUT2D eigenvalue weighted by atomic mass is 79.9. The largest absolute Gasteiger partial charge is 0.320 e. The number of benzene rings is 2. The molecule has 1 N–H and O–H groups in total. The molecule has 0 spiro atoms. The Bertz CT molecular complexity index is 818. The van der Waals surface area contributed by atoms with Crippen LogP contribution in [0, 0.1) is 0 Å². The van der Waals surface area contributed by atoms with Crippen molar-refractivity contribution in [2.24, 2.45) is 4.99 Å². The van der Waals surface area contributed by atoms with Crippen LogP contribution in [-0.4, -0.2) is 11.6 Å². The van der Waals surface area contributed by atoms with E-state index in [-0.39, 0.29) is 5.91 Å². The fourth-order valence-electron chi connectivity index (χ4n) is 3.15. The zero-order valence-corrected chi connectivity index (χ0v) is 15.8. The molecule has 0 saturated heterocycles. The molecular weight excluding hydrogens is 364 g/mol. The van der Waals surface area contributed by atoms with Gasteiger partial charge in [0, 0.05) is 10.0 Å². The van der Waals surface area contributed by atoms with Gasteiger partial charge >= 0.3 is 0 Å². The maximum Gasteiger partial charge on any atom is 0.275 e. The van der Waals surface area contributed by atoms with Gasteiger partial charge in [0.1, 0.15) is 5.71 Å². The third-order valence-electron chi connectivity index (χ3n) is 4.46. The van der Waals surface area contributed by atoms with Crippen molar-refractivity contribution in [3.05, 3.63) is 57.1 Å². The van der Waals surface area contributed by atoms with Gasteiger partial charge in [-0.3, -0.25) is 4.79 Å². The number of rotatable bonds is 4. The van der Waals surface area contributed by atoms with Gasteiger partial charge in [0.2, 0.25) is 0 Å². The second-order valence-electron chi connectivity index (χ2n) is 5.89. The molecule has 0 fully saturated rings. The summed E-state index contributed by atoms with van der Waals surface area (Å²) < 4.78 is 0.974. The SMILES string of the molecule is CCc1cccc(CC)c1N=C1C(=O)Nc2c(CC)cc(Br)cc21. The standard InChI is InChI=1S/C20H21BrN2O/c1-4-12-8-7-9-13(5-2)17(12)22-19-16-11-15(21)10-14(6-3)18(16)23-20(19)24/h7-11H,4-6H2,1-3H3,(H,22,23,24). The van der Waals surface area contributed by atoms with E-state index in [1.54, 1.807) is 0 Å². The summed E-state index contributed by atoms with van der Waals surface area (Å²) in [5.41, 5.74) is 6.71. The van der Waals surface area contributed by atoms with Crippen LogP contribution in [0.5, 0.6) is 0 Å². The van der Waals surface area contributed by atoms with E-state index in [0.717, 1.165) is 46.2 Å². The van der Waals surface area contributed by atoms with Gasteiger partial charge in [0.05, 0.1) is 11.4 Å². The number of aliphatic imine (C=N–C) groups is 1. The first-order chi connectivity index (χ1) is 11.6. The Morgan fingerprint density at radius 2 is 1.62 bits per heavy atom. The molecule has 0 saturated carbocycles. The highest BCUT2D eigenvalue weighted by Crippen LogP contribution is 2.34. The van der Waals surface area contributed by atoms with Crippen LogP contribution in [0.4, 0.5) is 11.4 Å². The first kappa shape index (κ1) is 16.9. The van der Waals surface area contributed by atoms with Crippen LogP contribution in [0.3, 0.4) is 0 Å². The predicted molar refractivity (Wildman–Crippen MR) is 104 cm³/mol. The summed E-state index contributed by atoms with van der Waals surface area (Å²) in [4.78, 5) is 17.4. The van der Waals surface area contributed by atoms with Crippen molar-refractivity contribution < 1.29 is 4.79 Å².